The number of carbonyl (C=O) groups is 1. The van der Waals surface area contributed by atoms with Crippen molar-refractivity contribution in [3.63, 3.8) is 0 Å². The molecule has 4 heteroatoms. The van der Waals surface area contributed by atoms with E-state index < -0.39 is 0 Å². The van der Waals surface area contributed by atoms with Crippen LogP contribution >= 0.6 is 11.3 Å². The van der Waals surface area contributed by atoms with E-state index in [2.05, 4.69) is 48.4 Å². The number of aromatic nitrogens is 1. The molecule has 1 heterocycles. The predicted octanol–water partition coefficient (Wildman–Crippen LogP) is 5.98. The van der Waals surface area contributed by atoms with Gasteiger partial charge in [-0.15, -0.1) is 11.3 Å². The number of anilines is 1. The lowest BCUT2D eigenvalue weighted by molar-refractivity contribution is -0.111. The molecule has 26 heavy (non-hydrogen) atoms. The van der Waals surface area contributed by atoms with Gasteiger partial charge in [-0.25, -0.2) is 4.98 Å². The minimum atomic E-state index is -0.179. The molecule has 3 aromatic rings. The Hall–Kier alpha value is -2.72. The summed E-state index contributed by atoms with van der Waals surface area (Å²) in [4.78, 5) is 16.6. The molecule has 3 rings (SSSR count). The molecule has 0 aliphatic heterocycles. The Balaban J connectivity index is 1.64. The summed E-state index contributed by atoms with van der Waals surface area (Å²) in [6.45, 7) is 4.43. The first-order valence-corrected chi connectivity index (χ1v) is 9.63. The maximum atomic E-state index is 12.1. The summed E-state index contributed by atoms with van der Waals surface area (Å²) in [6, 6.07) is 18.2. The second kappa shape index (κ2) is 8.59. The van der Waals surface area contributed by atoms with E-state index in [1.165, 1.54) is 23.0 Å². The largest absolute Gasteiger partial charge is 0.298 e. The van der Waals surface area contributed by atoms with Crippen LogP contribution in [-0.4, -0.2) is 10.9 Å². The molecule has 0 spiro atoms. The highest BCUT2D eigenvalue weighted by atomic mass is 32.1. The Morgan fingerprint density at radius 3 is 2.58 bits per heavy atom. The monoisotopic (exact) mass is 362 g/mol. The fraction of sp³-hybridized carbons (Fsp3) is 0.182. The van der Waals surface area contributed by atoms with Crippen LogP contribution in [0.2, 0.25) is 0 Å². The zero-order valence-corrected chi connectivity index (χ0v) is 15.8. The third-order valence-corrected chi connectivity index (χ3v) is 5.11. The number of hydrogen-bond acceptors (Lipinski definition) is 3. The van der Waals surface area contributed by atoms with E-state index in [9.17, 15) is 4.79 Å². The van der Waals surface area contributed by atoms with E-state index in [1.54, 1.807) is 6.08 Å². The smallest absolute Gasteiger partial charge is 0.250 e. The summed E-state index contributed by atoms with van der Waals surface area (Å²) in [7, 11) is 0. The molecular weight excluding hydrogens is 340 g/mol. The minimum Gasteiger partial charge on any atom is -0.298 e. The summed E-state index contributed by atoms with van der Waals surface area (Å²) >= 11 is 1.43. The first-order valence-electron chi connectivity index (χ1n) is 8.75. The molecule has 2 aromatic carbocycles. The van der Waals surface area contributed by atoms with Crippen molar-refractivity contribution in [3.05, 3.63) is 77.2 Å². The van der Waals surface area contributed by atoms with Gasteiger partial charge in [-0.05, 0) is 29.5 Å². The molecule has 0 saturated heterocycles. The summed E-state index contributed by atoms with van der Waals surface area (Å²) in [5.74, 6) is 0.382. The molecule has 0 saturated carbocycles. The first kappa shape index (κ1) is 18.1. The Kier molecular flexibility index (Phi) is 5.97. The van der Waals surface area contributed by atoms with Gasteiger partial charge in [-0.1, -0.05) is 68.4 Å². The summed E-state index contributed by atoms with van der Waals surface area (Å²) in [6.07, 6.45) is 4.44. The third kappa shape index (κ3) is 4.67. The van der Waals surface area contributed by atoms with Crippen LogP contribution in [0, 0.1) is 0 Å². The van der Waals surface area contributed by atoms with Gasteiger partial charge in [-0.2, -0.15) is 0 Å². The molecule has 1 amide bonds. The lowest BCUT2D eigenvalue weighted by Gasteiger charge is -2.08. The van der Waals surface area contributed by atoms with E-state index in [0.29, 0.717) is 11.0 Å². The van der Waals surface area contributed by atoms with Crippen LogP contribution in [0.5, 0.6) is 0 Å². The normalized spacial score (nSPS) is 12.2. The van der Waals surface area contributed by atoms with Crippen LogP contribution in [0.4, 0.5) is 5.13 Å². The van der Waals surface area contributed by atoms with Gasteiger partial charge in [0, 0.05) is 17.0 Å². The Morgan fingerprint density at radius 1 is 1.15 bits per heavy atom. The highest BCUT2D eigenvalue weighted by Gasteiger charge is 2.08. The van der Waals surface area contributed by atoms with Gasteiger partial charge in [0.05, 0.1) is 5.69 Å². The van der Waals surface area contributed by atoms with E-state index in [4.69, 9.17) is 0 Å². The molecular formula is C22H22N2OS. The highest BCUT2D eigenvalue weighted by Crippen LogP contribution is 2.27. The topological polar surface area (TPSA) is 42.0 Å². The molecule has 1 aromatic heterocycles. The highest BCUT2D eigenvalue weighted by molar-refractivity contribution is 7.14. The summed E-state index contributed by atoms with van der Waals surface area (Å²) < 4.78 is 0. The second-order valence-corrected chi connectivity index (χ2v) is 7.06. The van der Waals surface area contributed by atoms with Gasteiger partial charge in [0.25, 0.3) is 0 Å². The Bertz CT molecular complexity index is 882. The van der Waals surface area contributed by atoms with Crippen molar-refractivity contribution >= 4 is 28.5 Å². The molecule has 1 N–H and O–H groups in total. The molecule has 0 fully saturated rings. The molecule has 0 bridgehead atoms. The Labute approximate surface area is 158 Å². The van der Waals surface area contributed by atoms with Gasteiger partial charge in [0.2, 0.25) is 5.91 Å². The number of carbonyl (C=O) groups excluding carboxylic acids is 1. The average Bonchev–Trinajstić information content (AvgIpc) is 3.15. The quantitative estimate of drug-likeness (QED) is 0.548. The molecule has 0 aliphatic rings. The average molecular weight is 362 g/mol. The van der Waals surface area contributed by atoms with Crippen LogP contribution in [0.1, 0.15) is 37.3 Å². The number of nitrogens with zero attached hydrogens (tertiary/aromatic N) is 1. The third-order valence-electron chi connectivity index (χ3n) is 4.35. The molecule has 0 radical (unpaired) electrons. The van der Waals surface area contributed by atoms with Crippen LogP contribution < -0.4 is 5.32 Å². The van der Waals surface area contributed by atoms with Crippen molar-refractivity contribution in [1.82, 2.24) is 4.98 Å². The van der Waals surface area contributed by atoms with Crippen LogP contribution in [0.3, 0.4) is 0 Å². The van der Waals surface area contributed by atoms with Crippen LogP contribution in [-0.2, 0) is 4.79 Å². The van der Waals surface area contributed by atoms with Gasteiger partial charge in [0.1, 0.15) is 0 Å². The van der Waals surface area contributed by atoms with Crippen molar-refractivity contribution in [2.45, 2.75) is 26.2 Å². The summed E-state index contributed by atoms with van der Waals surface area (Å²) in [5.41, 5.74) is 4.27. The van der Waals surface area contributed by atoms with Crippen molar-refractivity contribution < 1.29 is 4.79 Å². The summed E-state index contributed by atoms with van der Waals surface area (Å²) in [5, 5.41) is 5.40. The number of amides is 1. The fourth-order valence-corrected chi connectivity index (χ4v) is 3.29. The molecule has 1 unspecified atom stereocenters. The van der Waals surface area contributed by atoms with Gasteiger partial charge in [-0.3, -0.25) is 10.1 Å². The van der Waals surface area contributed by atoms with E-state index in [1.807, 2.05) is 35.7 Å². The van der Waals surface area contributed by atoms with E-state index in [0.717, 1.165) is 23.2 Å². The number of thiazole rings is 1. The van der Waals surface area contributed by atoms with Gasteiger partial charge in [0.15, 0.2) is 5.13 Å². The lowest BCUT2D eigenvalue weighted by Crippen LogP contribution is -2.07. The zero-order valence-electron chi connectivity index (χ0n) is 15.0. The molecule has 0 aliphatic carbocycles. The van der Waals surface area contributed by atoms with Gasteiger partial charge < -0.3 is 0 Å². The van der Waals surface area contributed by atoms with Crippen molar-refractivity contribution in [3.8, 4) is 11.3 Å². The minimum absolute atomic E-state index is 0.179. The predicted molar refractivity (Wildman–Crippen MR) is 110 cm³/mol. The van der Waals surface area contributed by atoms with Crippen LogP contribution in [0.15, 0.2) is 66.1 Å². The number of benzene rings is 2. The number of nitrogens with one attached hydrogen (secondary N) is 1. The van der Waals surface area contributed by atoms with E-state index in [-0.39, 0.29) is 5.91 Å². The fourth-order valence-electron chi connectivity index (χ4n) is 2.56. The maximum Gasteiger partial charge on any atom is 0.250 e. The standard InChI is InChI=1S/C22H22N2OS/c1-3-16(2)18-10-12-19(13-11-18)20-15-26-22(23-20)24-21(25)14-9-17-7-5-4-6-8-17/h4-16H,3H2,1-2H3,(H,23,24,25)/b14-9+. The molecule has 132 valence electrons. The molecule has 1 atom stereocenters. The van der Waals surface area contributed by atoms with E-state index >= 15 is 0 Å². The number of hydrogen-bond donors (Lipinski definition) is 1. The SMILES string of the molecule is CCC(C)c1ccc(-c2csc(NC(=O)/C=C/c3ccccc3)n2)cc1. The maximum absolute atomic E-state index is 12.1. The first-order chi connectivity index (χ1) is 12.7. The van der Waals surface area contributed by atoms with Crippen molar-refractivity contribution in [1.29, 1.82) is 0 Å². The lowest BCUT2D eigenvalue weighted by atomic mass is 9.97. The van der Waals surface area contributed by atoms with Crippen molar-refractivity contribution in [2.24, 2.45) is 0 Å². The molecule has 3 nitrogen and oxygen atoms in total. The van der Waals surface area contributed by atoms with Gasteiger partial charge >= 0.3 is 0 Å². The number of rotatable bonds is 6. The van der Waals surface area contributed by atoms with Crippen molar-refractivity contribution in [2.75, 3.05) is 5.32 Å². The Morgan fingerprint density at radius 2 is 1.88 bits per heavy atom. The second-order valence-electron chi connectivity index (χ2n) is 6.20. The zero-order chi connectivity index (χ0) is 18.4. The van der Waals surface area contributed by atoms with Crippen LogP contribution in [0.25, 0.3) is 17.3 Å².